The Morgan fingerprint density at radius 3 is 2.56 bits per heavy atom. The number of hydrogen-bond acceptors (Lipinski definition) is 2. The van der Waals surface area contributed by atoms with Crippen LogP contribution in [0.3, 0.4) is 0 Å². The zero-order valence-corrected chi connectivity index (χ0v) is 9.29. The Balaban J connectivity index is 2.45. The van der Waals surface area contributed by atoms with E-state index in [0.29, 0.717) is 19.4 Å². The molecule has 0 unspecified atom stereocenters. The van der Waals surface area contributed by atoms with Crippen molar-refractivity contribution >= 4 is 11.6 Å². The number of hydrogen-bond donors (Lipinski definition) is 0. The normalized spacial score (nSPS) is 15.9. The summed E-state index contributed by atoms with van der Waals surface area (Å²) in [4.78, 5) is 12.9. The first-order valence-electron chi connectivity index (χ1n) is 5.35. The second-order valence-corrected chi connectivity index (χ2v) is 3.99. The number of halogens is 3. The van der Waals surface area contributed by atoms with E-state index in [-0.39, 0.29) is 17.2 Å². The molecule has 1 heterocycles. The fraction of sp³-hybridized carbons (Fsp3) is 0.333. The van der Waals surface area contributed by atoms with Crippen molar-refractivity contribution in [3.63, 3.8) is 0 Å². The van der Waals surface area contributed by atoms with Crippen LogP contribution in [-0.4, -0.2) is 12.5 Å². The molecule has 1 aliphatic rings. The van der Waals surface area contributed by atoms with Crippen molar-refractivity contribution in [2.45, 2.75) is 19.0 Å². The highest BCUT2D eigenvalue weighted by Crippen LogP contribution is 2.33. The van der Waals surface area contributed by atoms with Crippen LogP contribution in [0.15, 0.2) is 18.2 Å². The van der Waals surface area contributed by atoms with E-state index in [2.05, 4.69) is 0 Å². The van der Waals surface area contributed by atoms with Crippen LogP contribution in [0.5, 0.6) is 0 Å². The standard InChI is InChI=1S/C12H9F3N2O/c13-12(14,15)9-3-4-10(8(6-9)7-16)17-5-1-2-11(17)18/h3-4,6H,1-2,5H2. The number of nitrogens with zero attached hydrogens (tertiary/aromatic N) is 2. The van der Waals surface area contributed by atoms with Gasteiger partial charge >= 0.3 is 6.18 Å². The average molecular weight is 254 g/mol. The summed E-state index contributed by atoms with van der Waals surface area (Å²) in [5.41, 5.74) is -0.748. The lowest BCUT2D eigenvalue weighted by molar-refractivity contribution is -0.137. The minimum absolute atomic E-state index is 0.125. The Morgan fingerprint density at radius 2 is 2.06 bits per heavy atom. The van der Waals surface area contributed by atoms with E-state index in [1.54, 1.807) is 6.07 Å². The third-order valence-corrected chi connectivity index (χ3v) is 2.81. The molecule has 1 fully saturated rings. The minimum Gasteiger partial charge on any atom is -0.311 e. The molecule has 1 aromatic rings. The number of amides is 1. The maximum atomic E-state index is 12.5. The van der Waals surface area contributed by atoms with Gasteiger partial charge in [0.2, 0.25) is 5.91 Å². The zero-order valence-electron chi connectivity index (χ0n) is 9.29. The molecule has 2 rings (SSSR count). The molecular weight excluding hydrogens is 245 g/mol. The van der Waals surface area contributed by atoms with Crippen LogP contribution in [0.25, 0.3) is 0 Å². The van der Waals surface area contributed by atoms with E-state index in [1.807, 2.05) is 0 Å². The highest BCUT2D eigenvalue weighted by Gasteiger charge is 2.32. The largest absolute Gasteiger partial charge is 0.416 e. The first kappa shape index (κ1) is 12.4. The number of nitriles is 1. The molecule has 6 heteroatoms. The lowest BCUT2D eigenvalue weighted by atomic mass is 10.1. The summed E-state index contributed by atoms with van der Waals surface area (Å²) < 4.78 is 37.5. The van der Waals surface area contributed by atoms with Crippen LogP contribution in [0.4, 0.5) is 18.9 Å². The Kier molecular flexibility index (Phi) is 2.99. The molecule has 0 spiro atoms. The summed E-state index contributed by atoms with van der Waals surface area (Å²) in [5, 5.41) is 8.90. The topological polar surface area (TPSA) is 44.1 Å². The summed E-state index contributed by atoms with van der Waals surface area (Å²) in [6.45, 7) is 0.443. The van der Waals surface area contributed by atoms with Crippen molar-refractivity contribution in [3.8, 4) is 6.07 Å². The number of carbonyl (C=O) groups is 1. The number of anilines is 1. The smallest absolute Gasteiger partial charge is 0.311 e. The number of rotatable bonds is 1. The molecule has 18 heavy (non-hydrogen) atoms. The van der Waals surface area contributed by atoms with Gasteiger partial charge in [0.1, 0.15) is 6.07 Å². The van der Waals surface area contributed by atoms with Crippen molar-refractivity contribution in [2.75, 3.05) is 11.4 Å². The van der Waals surface area contributed by atoms with Gasteiger partial charge in [0.25, 0.3) is 0 Å². The van der Waals surface area contributed by atoms with Crippen molar-refractivity contribution in [1.29, 1.82) is 5.26 Å². The predicted molar refractivity (Wildman–Crippen MR) is 57.7 cm³/mol. The molecule has 1 aliphatic heterocycles. The van der Waals surface area contributed by atoms with Gasteiger partial charge in [-0.05, 0) is 24.6 Å². The molecule has 0 radical (unpaired) electrons. The van der Waals surface area contributed by atoms with Gasteiger partial charge in [0.05, 0.1) is 16.8 Å². The highest BCUT2D eigenvalue weighted by molar-refractivity contribution is 5.96. The fourth-order valence-electron chi connectivity index (χ4n) is 1.94. The summed E-state index contributed by atoms with van der Waals surface area (Å²) in [5.74, 6) is -0.161. The first-order valence-corrected chi connectivity index (χ1v) is 5.35. The van der Waals surface area contributed by atoms with Gasteiger partial charge in [0, 0.05) is 13.0 Å². The van der Waals surface area contributed by atoms with Gasteiger partial charge in [-0.3, -0.25) is 4.79 Å². The Morgan fingerprint density at radius 1 is 1.33 bits per heavy atom. The minimum atomic E-state index is -4.49. The van der Waals surface area contributed by atoms with Crippen molar-refractivity contribution in [3.05, 3.63) is 29.3 Å². The molecule has 0 N–H and O–H groups in total. The maximum Gasteiger partial charge on any atom is 0.416 e. The maximum absolute atomic E-state index is 12.5. The van der Waals surface area contributed by atoms with Crippen LogP contribution in [0, 0.1) is 11.3 Å². The lowest BCUT2D eigenvalue weighted by Gasteiger charge is -2.18. The van der Waals surface area contributed by atoms with Crippen LogP contribution in [0.1, 0.15) is 24.0 Å². The van der Waals surface area contributed by atoms with Gasteiger partial charge in [-0.1, -0.05) is 0 Å². The fourth-order valence-corrected chi connectivity index (χ4v) is 1.94. The zero-order chi connectivity index (χ0) is 13.3. The van der Waals surface area contributed by atoms with Gasteiger partial charge in [-0.15, -0.1) is 0 Å². The van der Waals surface area contributed by atoms with Gasteiger partial charge in [-0.25, -0.2) is 0 Å². The van der Waals surface area contributed by atoms with Gasteiger partial charge < -0.3 is 4.90 Å². The van der Waals surface area contributed by atoms with E-state index in [9.17, 15) is 18.0 Å². The van der Waals surface area contributed by atoms with E-state index in [0.717, 1.165) is 12.1 Å². The average Bonchev–Trinajstić information content (AvgIpc) is 2.73. The highest BCUT2D eigenvalue weighted by atomic mass is 19.4. The Labute approximate surface area is 101 Å². The molecule has 3 nitrogen and oxygen atoms in total. The van der Waals surface area contributed by atoms with E-state index < -0.39 is 11.7 Å². The number of carbonyl (C=O) groups excluding carboxylic acids is 1. The quantitative estimate of drug-likeness (QED) is 0.773. The van der Waals surface area contributed by atoms with Crippen LogP contribution in [-0.2, 0) is 11.0 Å². The molecule has 1 aromatic carbocycles. The first-order chi connectivity index (χ1) is 8.43. The van der Waals surface area contributed by atoms with E-state index in [1.165, 1.54) is 11.0 Å². The number of benzene rings is 1. The monoisotopic (exact) mass is 254 g/mol. The van der Waals surface area contributed by atoms with Crippen molar-refractivity contribution < 1.29 is 18.0 Å². The molecule has 1 saturated heterocycles. The second-order valence-electron chi connectivity index (χ2n) is 3.99. The summed E-state index contributed by atoms with van der Waals surface area (Å²) in [7, 11) is 0. The molecule has 0 saturated carbocycles. The van der Waals surface area contributed by atoms with Crippen molar-refractivity contribution in [2.24, 2.45) is 0 Å². The van der Waals surface area contributed by atoms with Crippen LogP contribution >= 0.6 is 0 Å². The predicted octanol–water partition coefficient (Wildman–Crippen LogP) is 2.70. The summed E-state index contributed by atoms with van der Waals surface area (Å²) >= 11 is 0. The van der Waals surface area contributed by atoms with Crippen LogP contribution in [0.2, 0.25) is 0 Å². The molecular formula is C12H9F3N2O. The van der Waals surface area contributed by atoms with Crippen molar-refractivity contribution in [1.82, 2.24) is 0 Å². The third-order valence-electron chi connectivity index (χ3n) is 2.81. The van der Waals surface area contributed by atoms with Crippen LogP contribution < -0.4 is 4.90 Å². The third kappa shape index (κ3) is 2.16. The molecule has 1 amide bonds. The Hall–Kier alpha value is -2.03. The summed E-state index contributed by atoms with van der Waals surface area (Å²) in [6.07, 6.45) is -3.46. The number of alkyl halides is 3. The van der Waals surface area contributed by atoms with Gasteiger partial charge in [0.15, 0.2) is 0 Å². The second kappa shape index (κ2) is 4.33. The molecule has 0 aliphatic carbocycles. The summed E-state index contributed by atoms with van der Waals surface area (Å²) in [6, 6.07) is 4.57. The van der Waals surface area contributed by atoms with Gasteiger partial charge in [-0.2, -0.15) is 18.4 Å². The lowest BCUT2D eigenvalue weighted by Crippen LogP contribution is -2.24. The molecule has 0 bridgehead atoms. The molecule has 0 aromatic heterocycles. The Bertz CT molecular complexity index is 531. The SMILES string of the molecule is N#Cc1cc(C(F)(F)F)ccc1N1CCCC1=O. The van der Waals surface area contributed by atoms with E-state index >= 15 is 0 Å². The molecule has 94 valence electrons. The molecule has 0 atom stereocenters. The van der Waals surface area contributed by atoms with E-state index in [4.69, 9.17) is 5.26 Å².